The lowest BCUT2D eigenvalue weighted by Gasteiger charge is -2.47. The van der Waals surface area contributed by atoms with E-state index in [1.807, 2.05) is 4.98 Å². The normalized spacial score (nSPS) is 26.2. The van der Waals surface area contributed by atoms with E-state index in [0.717, 1.165) is 25.3 Å². The van der Waals surface area contributed by atoms with Crippen LogP contribution in [0.3, 0.4) is 0 Å². The van der Waals surface area contributed by atoms with Crippen molar-refractivity contribution in [2.24, 2.45) is 11.8 Å². The van der Waals surface area contributed by atoms with Crippen molar-refractivity contribution in [1.29, 1.82) is 0 Å². The third kappa shape index (κ3) is 19.7. The van der Waals surface area contributed by atoms with Crippen LogP contribution < -0.4 is 32.5 Å². The highest BCUT2D eigenvalue weighted by atomic mass is 32.2. The topological polar surface area (TPSA) is 554 Å². The van der Waals surface area contributed by atoms with E-state index in [1.54, 1.807) is 6.07 Å². The van der Waals surface area contributed by atoms with Crippen LogP contribution in [0.4, 0.5) is 5.69 Å². The van der Waals surface area contributed by atoms with Gasteiger partial charge in [-0.2, -0.15) is 25.3 Å². The number of carbonyl (C=O) groups excluding carboxylic acids is 5. The number of hydrogen-bond acceptors (Lipinski definition) is 26. The van der Waals surface area contributed by atoms with Crippen molar-refractivity contribution in [3.8, 4) is 0 Å². The van der Waals surface area contributed by atoms with E-state index < -0.39 is 226 Å². The summed E-state index contributed by atoms with van der Waals surface area (Å²) in [5.74, 6) is -7.42. The second kappa shape index (κ2) is 32.4. The summed E-state index contributed by atoms with van der Waals surface area (Å²) in [6, 6.07) is 8.90. The number of benzene rings is 3. The Hall–Kier alpha value is -7.29. The molecule has 0 bridgehead atoms. The van der Waals surface area contributed by atoms with E-state index in [2.05, 4.69) is 26.3 Å². The Morgan fingerprint density at radius 2 is 1.35 bits per heavy atom. The maximum absolute atomic E-state index is 14.4. The molecule has 4 aliphatic rings. The fourth-order valence-electron chi connectivity index (χ4n) is 11.5. The van der Waals surface area contributed by atoms with Crippen LogP contribution in [0, 0.1) is 11.8 Å². The van der Waals surface area contributed by atoms with Crippen LogP contribution >= 0.6 is 0 Å². The van der Waals surface area contributed by atoms with E-state index in [0.29, 0.717) is 37.1 Å². The van der Waals surface area contributed by atoms with Gasteiger partial charge in [0, 0.05) is 30.5 Å². The predicted molar refractivity (Wildman–Crippen MR) is 322 cm³/mol. The molecule has 8 rings (SSSR count). The Morgan fingerprint density at radius 3 is 1.99 bits per heavy atom. The van der Waals surface area contributed by atoms with Crippen LogP contribution in [0.15, 0.2) is 84.9 Å². The molecule has 0 radical (unpaired) electrons. The van der Waals surface area contributed by atoms with Crippen LogP contribution in [0.5, 0.6) is 0 Å². The van der Waals surface area contributed by atoms with Gasteiger partial charge in [0.05, 0.1) is 59.1 Å². The fourth-order valence-corrected chi connectivity index (χ4v) is 13.4. The van der Waals surface area contributed by atoms with Gasteiger partial charge in [-0.1, -0.05) is 50.3 Å². The Labute approximate surface area is 545 Å². The molecule has 14 atom stereocenters. The number of fused-ring (bicyclic) bond motifs is 1. The molecule has 4 aromatic rings. The molecule has 528 valence electrons. The third-order valence-electron chi connectivity index (χ3n) is 16.1. The summed E-state index contributed by atoms with van der Waals surface area (Å²) in [7, 11) is -15.6. The monoisotopic (exact) mass is 1420 g/mol. The third-order valence-corrected chi connectivity index (χ3v) is 18.7. The first-order valence-corrected chi connectivity index (χ1v) is 34.2. The molecule has 2 aliphatic heterocycles. The van der Waals surface area contributed by atoms with E-state index in [-0.39, 0.29) is 50.6 Å². The quantitative estimate of drug-likeness (QED) is 0.0162. The molecule has 2 saturated carbocycles. The van der Waals surface area contributed by atoms with Crippen LogP contribution in [0.25, 0.3) is 10.8 Å². The van der Waals surface area contributed by atoms with Crippen molar-refractivity contribution in [2.45, 2.75) is 153 Å². The first-order chi connectivity index (χ1) is 45.2. The largest absolute Gasteiger partial charge is 0.479 e. The van der Waals surface area contributed by atoms with Gasteiger partial charge in [-0.25, -0.2) is 14.4 Å². The minimum atomic E-state index is -5.35. The second-order valence-corrected chi connectivity index (χ2v) is 27.3. The summed E-state index contributed by atoms with van der Waals surface area (Å²) in [6.07, 6.45) is -17.0. The number of hydrogen-bond donors (Lipinski definition) is 14. The number of rotatable bonds is 28. The Kier molecular flexibility index (Phi) is 25.1. The number of aromatic amines is 2. The highest BCUT2D eigenvalue weighted by molar-refractivity contribution is 7.87. The van der Waals surface area contributed by atoms with E-state index in [4.69, 9.17) is 37.9 Å². The molecule has 3 aromatic carbocycles. The molecule has 4 fully saturated rings. The molecular weight excluding hydrogens is 1340 g/mol. The number of carboxylic acid groups (broad SMARTS) is 1. The molecule has 96 heavy (non-hydrogen) atoms. The smallest absolute Gasteiger partial charge is 0.338 e. The summed E-state index contributed by atoms with van der Waals surface area (Å²) in [4.78, 5) is 107. The average molecular weight is 1420 g/mol. The van der Waals surface area contributed by atoms with Crippen molar-refractivity contribution in [2.75, 3.05) is 51.4 Å². The van der Waals surface area contributed by atoms with Crippen molar-refractivity contribution in [3.05, 3.63) is 92.8 Å². The van der Waals surface area contributed by atoms with Crippen LogP contribution in [0.1, 0.15) is 79.1 Å². The molecule has 13 unspecified atom stereocenters. The van der Waals surface area contributed by atoms with Gasteiger partial charge in [0.2, 0.25) is 17.7 Å². The number of aromatic nitrogens is 2. The number of aliphatic hydroxyl groups is 4. The fraction of sp³-hybridized carbons (Fsp3) is 0.544. The molecule has 3 heterocycles. The molecule has 2 aliphatic carbocycles. The van der Waals surface area contributed by atoms with Crippen molar-refractivity contribution in [3.63, 3.8) is 0 Å². The highest BCUT2D eigenvalue weighted by Gasteiger charge is 2.53. The zero-order valence-corrected chi connectivity index (χ0v) is 53.3. The number of H-pyrrole nitrogens is 2. The van der Waals surface area contributed by atoms with Crippen LogP contribution in [0.2, 0.25) is 0 Å². The molecule has 2 saturated heterocycles. The first-order valence-electron chi connectivity index (χ1n) is 29.9. The number of ether oxygens (including phenoxy) is 8. The highest BCUT2D eigenvalue weighted by Crippen LogP contribution is 2.39. The minimum Gasteiger partial charge on any atom is -0.479 e. The van der Waals surface area contributed by atoms with Gasteiger partial charge in [-0.05, 0) is 73.9 Å². The van der Waals surface area contributed by atoms with Gasteiger partial charge in [-0.15, -0.1) is 0 Å². The average Bonchev–Trinajstić information content (AvgIpc) is 0.756. The molecule has 4 amide bonds. The molecular formula is C57H72N6O30S3. The van der Waals surface area contributed by atoms with Gasteiger partial charge in [0.1, 0.15) is 60.4 Å². The number of anilines is 1. The lowest BCUT2D eigenvalue weighted by molar-refractivity contribution is -0.336. The van der Waals surface area contributed by atoms with Crippen molar-refractivity contribution >= 4 is 82.4 Å². The van der Waals surface area contributed by atoms with Crippen LogP contribution in [-0.4, -0.2) is 236 Å². The Morgan fingerprint density at radius 1 is 0.708 bits per heavy atom. The summed E-state index contributed by atoms with van der Waals surface area (Å²) in [6.45, 7) is -2.01. The number of nitrogens with one attached hydrogen (secondary N) is 6. The van der Waals surface area contributed by atoms with Gasteiger partial charge < -0.3 is 89.7 Å². The number of esters is 1. The maximum atomic E-state index is 14.4. The zero-order valence-electron chi connectivity index (χ0n) is 50.8. The predicted octanol–water partition coefficient (Wildman–Crippen LogP) is -2.28. The molecule has 1 aromatic heterocycles. The first kappa shape index (κ1) is 74.5. The van der Waals surface area contributed by atoms with Crippen molar-refractivity contribution in [1.82, 2.24) is 25.9 Å². The van der Waals surface area contributed by atoms with E-state index in [1.165, 1.54) is 31.2 Å². The number of carboxylic acids is 1. The van der Waals surface area contributed by atoms with Crippen LogP contribution in [-0.2, 0) is 87.4 Å². The summed E-state index contributed by atoms with van der Waals surface area (Å²) < 4.78 is 149. The molecule has 36 nitrogen and oxygen atoms in total. The molecule has 0 spiro atoms. The number of amides is 4. The van der Waals surface area contributed by atoms with Gasteiger partial charge in [-0.3, -0.25) is 42.6 Å². The SMILES string of the molecule is CC1OC(OC2C(NC(=O)c3cc(=O)[nH]c(=O)[nH]3)CC(C(=O)NCCNC(=O)COCCOCC(=O)Nc3cc(S(=O)(=O)O)cc4cc(S(=O)(=O)O)cc(S(=O)(=O)O)c34)CC2OC2OCC(O)C(O[C@@H](CC3CCCCC3)C(=O)O)C2OC(=O)c2ccccc2)C(O)C(O)C1O. The van der Waals surface area contributed by atoms with Gasteiger partial charge in [0.25, 0.3) is 41.8 Å². The van der Waals surface area contributed by atoms with Gasteiger partial charge in [0.15, 0.2) is 24.8 Å². The van der Waals surface area contributed by atoms with E-state index >= 15 is 0 Å². The van der Waals surface area contributed by atoms with E-state index in [9.17, 15) is 103 Å². The minimum absolute atomic E-state index is 0.00299. The lowest BCUT2D eigenvalue weighted by atomic mass is 9.80. The summed E-state index contributed by atoms with van der Waals surface area (Å²) in [5, 5.41) is 63.4. The number of aliphatic carboxylic acids is 1. The summed E-state index contributed by atoms with van der Waals surface area (Å²) in [5.41, 5.74) is -3.33. The molecule has 14 N–H and O–H groups in total. The number of carbonyl (C=O) groups is 6. The zero-order chi connectivity index (χ0) is 70.0. The molecule has 39 heteroatoms. The summed E-state index contributed by atoms with van der Waals surface area (Å²) >= 11 is 0. The lowest BCUT2D eigenvalue weighted by Crippen LogP contribution is -2.64. The maximum Gasteiger partial charge on any atom is 0.338 e. The number of aliphatic hydroxyl groups excluding tert-OH is 4. The second-order valence-electron chi connectivity index (χ2n) is 23.1. The standard InChI is InChI=1S/C57H72N6O30S3/c1-27-45(68)46(69)47(70)55(89-27)93-48-35(61-52(72)36-23-41(65)63-57(76)62-36)19-31(20-38(48)91-56-50(92-54(75)29-10-6-3-7-11-29)49(37(64)24-88-56)90-39(53(73)74)16-28-8-4-2-5-9-28)51(71)59-13-12-58-42(66)25-86-14-15-87-26-43(67)60-34-21-32(94(77,78)79)17-30-18-33(95(80,81)82)22-40(44(30)34)96(83,84)85/h3,6-7,10-11,17-18,21-23,27-28,31,35,37-39,45-50,55-56,64,68-70H,2,4-5,8-9,12-16,19-20,24-26H2,1H3,(H,58,66)(H,59,71)(H,60,67)(H,61,72)(H,73,74)(H,77,78,79)(H,80,81,82)(H,83,84,85)(H2,62,63,65,76)/t27?,31?,35?,37?,38?,39-,45?,46?,47?,48?,49?,50?,55?,56?/m0/s1. The Bertz CT molecular complexity index is 3910. The van der Waals surface area contributed by atoms with Gasteiger partial charge >= 0.3 is 17.6 Å². The van der Waals surface area contributed by atoms with Crippen molar-refractivity contribution < 1.29 is 131 Å². The Balaban J connectivity index is 0.957.